The van der Waals surface area contributed by atoms with E-state index in [1.54, 1.807) is 31.3 Å². The second kappa shape index (κ2) is 6.97. The summed E-state index contributed by atoms with van der Waals surface area (Å²) in [6, 6.07) is 7.53. The van der Waals surface area contributed by atoms with Crippen molar-refractivity contribution in [3.05, 3.63) is 64.0 Å². The van der Waals surface area contributed by atoms with E-state index in [1.165, 1.54) is 24.5 Å². The molecular formula is C19H16ClFN6O. The molecule has 28 heavy (non-hydrogen) atoms. The molecule has 0 saturated heterocycles. The number of aromatic amines is 2. The first-order chi connectivity index (χ1) is 13.4. The van der Waals surface area contributed by atoms with E-state index in [0.29, 0.717) is 28.0 Å². The van der Waals surface area contributed by atoms with E-state index in [2.05, 4.69) is 25.3 Å². The fourth-order valence-corrected chi connectivity index (χ4v) is 3.14. The van der Waals surface area contributed by atoms with Gasteiger partial charge in [-0.2, -0.15) is 0 Å². The minimum atomic E-state index is -0.534. The molecule has 0 amide bonds. The average molecular weight is 399 g/mol. The Morgan fingerprint density at radius 3 is 2.75 bits per heavy atom. The quantitative estimate of drug-likeness (QED) is 0.485. The van der Waals surface area contributed by atoms with Gasteiger partial charge < -0.3 is 20.2 Å². The van der Waals surface area contributed by atoms with Crippen molar-refractivity contribution < 1.29 is 4.39 Å². The van der Waals surface area contributed by atoms with E-state index >= 15 is 0 Å². The van der Waals surface area contributed by atoms with E-state index in [-0.39, 0.29) is 11.1 Å². The van der Waals surface area contributed by atoms with Gasteiger partial charge in [0, 0.05) is 30.9 Å². The summed E-state index contributed by atoms with van der Waals surface area (Å²) in [5.74, 6) is 0.547. The van der Waals surface area contributed by atoms with Gasteiger partial charge in [0.1, 0.15) is 29.4 Å². The lowest BCUT2D eigenvalue weighted by atomic mass is 10.1. The minimum Gasteiger partial charge on any atom is -0.362 e. The number of anilines is 3. The number of rotatable bonds is 4. The van der Waals surface area contributed by atoms with E-state index in [9.17, 15) is 9.18 Å². The monoisotopic (exact) mass is 398 g/mol. The van der Waals surface area contributed by atoms with Gasteiger partial charge in [-0.1, -0.05) is 11.6 Å². The number of H-pyrrole nitrogens is 2. The second-order valence-electron chi connectivity index (χ2n) is 6.38. The topological polar surface area (TPSA) is 89.7 Å². The van der Waals surface area contributed by atoms with Gasteiger partial charge in [-0.25, -0.2) is 14.4 Å². The molecule has 0 aliphatic rings. The van der Waals surface area contributed by atoms with Crippen LogP contribution in [-0.4, -0.2) is 34.0 Å². The van der Waals surface area contributed by atoms with Crippen LogP contribution in [0.15, 0.2) is 47.7 Å². The SMILES string of the molecule is CN(C)c1[nH]c(=O)c(-c2cc(Cl)ccc2F)cc1Nc1ncnc2[nH]ccc12. The van der Waals surface area contributed by atoms with Crippen molar-refractivity contribution in [3.63, 3.8) is 0 Å². The lowest BCUT2D eigenvalue weighted by Crippen LogP contribution is -2.20. The van der Waals surface area contributed by atoms with Crippen LogP contribution in [0.3, 0.4) is 0 Å². The predicted octanol–water partition coefficient (Wildman–Crippen LogP) is 3.92. The first-order valence-corrected chi connectivity index (χ1v) is 8.77. The molecule has 4 rings (SSSR count). The third-order valence-corrected chi connectivity index (χ3v) is 4.53. The number of hydrogen-bond acceptors (Lipinski definition) is 5. The van der Waals surface area contributed by atoms with E-state index in [4.69, 9.17) is 11.6 Å². The Hall–Kier alpha value is -3.39. The lowest BCUT2D eigenvalue weighted by molar-refractivity contribution is 0.631. The van der Waals surface area contributed by atoms with E-state index in [0.717, 1.165) is 5.39 Å². The molecule has 142 valence electrons. The maximum atomic E-state index is 14.4. The van der Waals surface area contributed by atoms with Gasteiger partial charge in [-0.3, -0.25) is 4.79 Å². The van der Waals surface area contributed by atoms with Gasteiger partial charge in [0.15, 0.2) is 0 Å². The van der Waals surface area contributed by atoms with Crippen molar-refractivity contribution in [1.82, 2.24) is 19.9 Å². The Kier molecular flexibility index (Phi) is 4.48. The van der Waals surface area contributed by atoms with Crippen LogP contribution in [0.2, 0.25) is 5.02 Å². The fraction of sp³-hybridized carbons (Fsp3) is 0.105. The molecule has 0 radical (unpaired) electrons. The third kappa shape index (κ3) is 3.18. The summed E-state index contributed by atoms with van der Waals surface area (Å²) in [6.07, 6.45) is 3.19. The first-order valence-electron chi connectivity index (χ1n) is 8.39. The number of nitrogens with one attached hydrogen (secondary N) is 3. The largest absolute Gasteiger partial charge is 0.362 e. The second-order valence-corrected chi connectivity index (χ2v) is 6.82. The van der Waals surface area contributed by atoms with Crippen LogP contribution in [0.5, 0.6) is 0 Å². The van der Waals surface area contributed by atoms with Gasteiger partial charge in [0.2, 0.25) is 0 Å². The molecule has 1 aromatic carbocycles. The Balaban J connectivity index is 1.89. The van der Waals surface area contributed by atoms with Crippen molar-refractivity contribution >= 4 is 40.0 Å². The van der Waals surface area contributed by atoms with Crippen LogP contribution in [0.25, 0.3) is 22.2 Å². The predicted molar refractivity (Wildman–Crippen MR) is 109 cm³/mol. The van der Waals surface area contributed by atoms with Crippen LogP contribution in [0.1, 0.15) is 0 Å². The van der Waals surface area contributed by atoms with Gasteiger partial charge >= 0.3 is 0 Å². The zero-order valence-electron chi connectivity index (χ0n) is 15.0. The lowest BCUT2D eigenvalue weighted by Gasteiger charge is -2.19. The van der Waals surface area contributed by atoms with Gasteiger partial charge in [-0.05, 0) is 30.3 Å². The third-order valence-electron chi connectivity index (χ3n) is 4.29. The Morgan fingerprint density at radius 1 is 1.14 bits per heavy atom. The van der Waals surface area contributed by atoms with Crippen LogP contribution in [0.4, 0.5) is 21.7 Å². The van der Waals surface area contributed by atoms with Crippen molar-refractivity contribution in [2.45, 2.75) is 0 Å². The van der Waals surface area contributed by atoms with Gasteiger partial charge in [0.25, 0.3) is 5.56 Å². The summed E-state index contributed by atoms with van der Waals surface area (Å²) >= 11 is 6.00. The maximum Gasteiger partial charge on any atom is 0.257 e. The molecular weight excluding hydrogens is 383 g/mol. The summed E-state index contributed by atoms with van der Waals surface area (Å²) in [4.78, 5) is 28.6. The Morgan fingerprint density at radius 2 is 1.96 bits per heavy atom. The summed E-state index contributed by atoms with van der Waals surface area (Å²) in [6.45, 7) is 0. The highest BCUT2D eigenvalue weighted by molar-refractivity contribution is 6.30. The number of nitrogens with zero attached hydrogens (tertiary/aromatic N) is 3. The Bertz CT molecular complexity index is 1230. The molecule has 0 atom stereocenters. The number of aromatic nitrogens is 4. The molecule has 3 N–H and O–H groups in total. The number of halogens is 2. The highest BCUT2D eigenvalue weighted by Crippen LogP contribution is 2.31. The molecule has 0 saturated carbocycles. The minimum absolute atomic E-state index is 0.122. The first kappa shape index (κ1) is 18.0. The Labute approximate surface area is 164 Å². The summed E-state index contributed by atoms with van der Waals surface area (Å²) < 4.78 is 14.4. The van der Waals surface area contributed by atoms with Gasteiger partial charge in [0.05, 0.1) is 16.6 Å². The summed E-state index contributed by atoms with van der Waals surface area (Å²) in [5, 5.41) is 4.34. The molecule has 3 aromatic heterocycles. The molecule has 3 heterocycles. The molecule has 9 heteroatoms. The number of hydrogen-bond donors (Lipinski definition) is 3. The van der Waals surface area contributed by atoms with Crippen LogP contribution >= 0.6 is 11.6 Å². The molecule has 0 aliphatic heterocycles. The number of pyridine rings is 1. The summed E-state index contributed by atoms with van der Waals surface area (Å²) in [5.41, 5.74) is 1.09. The zero-order chi connectivity index (χ0) is 19.8. The van der Waals surface area contributed by atoms with Crippen LogP contribution < -0.4 is 15.8 Å². The molecule has 0 aliphatic carbocycles. The maximum absolute atomic E-state index is 14.4. The van der Waals surface area contributed by atoms with Crippen molar-refractivity contribution in [3.8, 4) is 11.1 Å². The normalized spacial score (nSPS) is 11.0. The average Bonchev–Trinajstić information content (AvgIpc) is 3.14. The molecule has 7 nitrogen and oxygen atoms in total. The van der Waals surface area contributed by atoms with Crippen molar-refractivity contribution in [2.75, 3.05) is 24.3 Å². The van der Waals surface area contributed by atoms with Crippen molar-refractivity contribution in [2.24, 2.45) is 0 Å². The van der Waals surface area contributed by atoms with Crippen LogP contribution in [0, 0.1) is 5.82 Å². The smallest absolute Gasteiger partial charge is 0.257 e. The fourth-order valence-electron chi connectivity index (χ4n) is 2.97. The van der Waals surface area contributed by atoms with Crippen LogP contribution in [-0.2, 0) is 0 Å². The van der Waals surface area contributed by atoms with Crippen molar-refractivity contribution in [1.29, 1.82) is 0 Å². The zero-order valence-corrected chi connectivity index (χ0v) is 15.8. The van der Waals surface area contributed by atoms with Gasteiger partial charge in [-0.15, -0.1) is 0 Å². The number of fused-ring (bicyclic) bond motifs is 1. The van der Waals surface area contributed by atoms with E-state index in [1.807, 2.05) is 6.07 Å². The highest BCUT2D eigenvalue weighted by atomic mass is 35.5. The molecule has 0 spiro atoms. The summed E-state index contributed by atoms with van der Waals surface area (Å²) in [7, 11) is 3.59. The highest BCUT2D eigenvalue weighted by Gasteiger charge is 2.16. The standard InChI is InChI=1S/C19H16ClFN6O/c1-27(2)18-15(25-17-11-5-6-22-16(11)23-9-24-17)8-13(19(28)26-18)12-7-10(20)3-4-14(12)21/h3-9H,1-2H3,(H,26,28)(H2,22,23,24,25). The molecule has 4 aromatic rings. The number of benzene rings is 1. The van der Waals surface area contributed by atoms with E-state index < -0.39 is 11.4 Å². The molecule has 0 fully saturated rings. The molecule has 0 unspecified atom stereocenters. The molecule has 0 bridgehead atoms.